The molecule has 4 nitrogen and oxygen atoms in total. The van der Waals surface area contributed by atoms with E-state index >= 15 is 0 Å². The monoisotopic (exact) mass is 296 g/mol. The average molecular weight is 296 g/mol. The van der Waals surface area contributed by atoms with Gasteiger partial charge in [0.15, 0.2) is 5.69 Å². The molecule has 1 rings (SSSR count). The van der Waals surface area contributed by atoms with Crippen molar-refractivity contribution in [3.63, 3.8) is 0 Å². The van der Waals surface area contributed by atoms with E-state index in [9.17, 15) is 18.0 Å². The Labute approximate surface area is 112 Å². The number of unbranched alkanes of at least 4 members (excludes halogenated alkanes) is 1. The molecule has 0 fully saturated rings. The van der Waals surface area contributed by atoms with Gasteiger partial charge in [-0.2, -0.15) is 13.2 Å². The molecule has 0 aliphatic heterocycles. The highest BCUT2D eigenvalue weighted by Crippen LogP contribution is 2.30. The summed E-state index contributed by atoms with van der Waals surface area (Å²) in [6.07, 6.45) is -3.02. The molecule has 0 aliphatic rings. The first kappa shape index (κ1) is 15.9. The number of carboxylic acid groups (broad SMARTS) is 1. The van der Waals surface area contributed by atoms with Crippen molar-refractivity contribution in [2.24, 2.45) is 0 Å². The molecule has 1 aromatic heterocycles. The van der Waals surface area contributed by atoms with E-state index in [-0.39, 0.29) is 6.42 Å². The summed E-state index contributed by atoms with van der Waals surface area (Å²) in [5, 5.41) is 9.88. The summed E-state index contributed by atoms with van der Waals surface area (Å²) in [5.41, 5.74) is -0.855. The van der Waals surface area contributed by atoms with Gasteiger partial charge in [0.25, 0.3) is 0 Å². The van der Waals surface area contributed by atoms with Crippen molar-refractivity contribution in [2.45, 2.75) is 32.0 Å². The summed E-state index contributed by atoms with van der Waals surface area (Å²) in [4.78, 5) is 15.7. The van der Waals surface area contributed by atoms with E-state index < -0.39 is 17.8 Å². The van der Waals surface area contributed by atoms with Gasteiger partial charge >= 0.3 is 12.1 Å². The number of carbonyl (C=O) groups is 1. The lowest BCUT2D eigenvalue weighted by atomic mass is 10.2. The summed E-state index contributed by atoms with van der Waals surface area (Å²) >= 11 is 0.982. The molecule has 19 heavy (non-hydrogen) atoms. The number of aliphatic carboxylic acids is 1. The highest BCUT2D eigenvalue weighted by Gasteiger charge is 2.33. The molecular formula is C11H15F3N2O2S. The molecule has 0 atom stereocenters. The molecule has 0 saturated heterocycles. The molecule has 0 spiro atoms. The predicted octanol–water partition coefficient (Wildman–Crippen LogP) is 2.85. The van der Waals surface area contributed by atoms with E-state index in [1.54, 1.807) is 7.05 Å². The van der Waals surface area contributed by atoms with Crippen molar-refractivity contribution in [3.05, 3.63) is 16.1 Å². The second kappa shape index (κ2) is 6.85. The summed E-state index contributed by atoms with van der Waals surface area (Å²) in [5.74, 6) is -0.836. The number of hydrogen-bond donors (Lipinski definition) is 1. The molecule has 1 aromatic rings. The molecule has 0 aromatic carbocycles. The minimum atomic E-state index is -4.39. The number of thiazole rings is 1. The zero-order chi connectivity index (χ0) is 14.5. The molecule has 1 heterocycles. The Morgan fingerprint density at radius 2 is 2.16 bits per heavy atom. The fourth-order valence-corrected chi connectivity index (χ4v) is 2.36. The fraction of sp³-hybridized carbons (Fsp3) is 0.636. The molecule has 0 unspecified atom stereocenters. The molecule has 108 valence electrons. The van der Waals surface area contributed by atoms with E-state index in [4.69, 9.17) is 5.11 Å². The molecule has 1 N–H and O–H groups in total. The molecule has 8 heteroatoms. The Balaban J connectivity index is 2.34. The van der Waals surface area contributed by atoms with E-state index in [0.717, 1.165) is 16.7 Å². The lowest BCUT2D eigenvalue weighted by Crippen LogP contribution is -2.19. The maximum Gasteiger partial charge on any atom is 0.434 e. The lowest BCUT2D eigenvalue weighted by molar-refractivity contribution is -0.141. The largest absolute Gasteiger partial charge is 0.481 e. The van der Waals surface area contributed by atoms with Crippen LogP contribution in [0.1, 0.15) is 30.0 Å². The fourth-order valence-electron chi connectivity index (χ4n) is 1.48. The van der Waals surface area contributed by atoms with E-state index in [1.165, 1.54) is 0 Å². The maximum absolute atomic E-state index is 12.3. The van der Waals surface area contributed by atoms with E-state index in [1.807, 2.05) is 4.90 Å². The Hall–Kier alpha value is -1.15. The van der Waals surface area contributed by atoms with Crippen LogP contribution in [0, 0.1) is 0 Å². The minimum absolute atomic E-state index is 0.114. The standard InChI is InChI=1S/C11H15F3N2O2S/c1-16(5-3-2-4-10(17)18)6-9-15-8(7-19-9)11(12,13)14/h7H,2-6H2,1H3,(H,17,18). The third-order valence-corrected chi connectivity index (χ3v) is 3.26. The van der Waals surface area contributed by atoms with Gasteiger partial charge in [0.05, 0.1) is 6.54 Å². The number of nitrogens with zero attached hydrogens (tertiary/aromatic N) is 2. The zero-order valence-electron chi connectivity index (χ0n) is 10.4. The van der Waals surface area contributed by atoms with E-state index in [0.29, 0.717) is 30.9 Å². The zero-order valence-corrected chi connectivity index (χ0v) is 11.2. The topological polar surface area (TPSA) is 53.4 Å². The third-order valence-electron chi connectivity index (χ3n) is 2.43. The molecule has 0 bridgehead atoms. The van der Waals surface area contributed by atoms with Crippen LogP contribution in [0.25, 0.3) is 0 Å². The van der Waals surface area contributed by atoms with Crippen LogP contribution in [0.5, 0.6) is 0 Å². The van der Waals surface area contributed by atoms with E-state index in [2.05, 4.69) is 4.98 Å². The van der Waals surface area contributed by atoms with Gasteiger partial charge in [-0.1, -0.05) is 0 Å². The van der Waals surface area contributed by atoms with Gasteiger partial charge in [-0.25, -0.2) is 4.98 Å². The summed E-state index contributed by atoms with van der Waals surface area (Å²) in [6, 6.07) is 0. The Kier molecular flexibility index (Phi) is 5.74. The van der Waals surface area contributed by atoms with Gasteiger partial charge in [-0.3, -0.25) is 9.69 Å². The Morgan fingerprint density at radius 3 is 2.68 bits per heavy atom. The van der Waals surface area contributed by atoms with Crippen LogP contribution >= 0.6 is 11.3 Å². The number of alkyl halides is 3. The van der Waals surface area contributed by atoms with Gasteiger partial charge in [-0.05, 0) is 26.4 Å². The molecule has 0 saturated carbocycles. The second-order valence-corrected chi connectivity index (χ2v) is 5.16. The minimum Gasteiger partial charge on any atom is -0.481 e. The quantitative estimate of drug-likeness (QED) is 0.786. The summed E-state index contributed by atoms with van der Waals surface area (Å²) < 4.78 is 37.0. The SMILES string of the molecule is CN(CCCCC(=O)O)Cc1nc(C(F)(F)F)cs1. The highest BCUT2D eigenvalue weighted by atomic mass is 32.1. The number of carboxylic acids is 1. The van der Waals surface area contributed by atoms with Crippen molar-refractivity contribution in [1.82, 2.24) is 9.88 Å². The lowest BCUT2D eigenvalue weighted by Gasteiger charge is -2.14. The normalized spacial score (nSPS) is 12.1. The third kappa shape index (κ3) is 6.02. The van der Waals surface area contributed by atoms with Crippen LogP contribution in [-0.4, -0.2) is 34.6 Å². The van der Waals surface area contributed by atoms with Crippen molar-refractivity contribution in [3.8, 4) is 0 Å². The number of hydrogen-bond acceptors (Lipinski definition) is 4. The molecule has 0 aliphatic carbocycles. The smallest absolute Gasteiger partial charge is 0.434 e. The van der Waals surface area contributed by atoms with Gasteiger partial charge in [0.1, 0.15) is 5.01 Å². The first-order chi connectivity index (χ1) is 8.79. The van der Waals surface area contributed by atoms with Gasteiger partial charge in [0, 0.05) is 11.8 Å². The predicted molar refractivity (Wildman–Crippen MR) is 64.9 cm³/mol. The molecule has 0 amide bonds. The van der Waals surface area contributed by atoms with Crippen LogP contribution in [0.2, 0.25) is 0 Å². The molecular weight excluding hydrogens is 281 g/mol. The van der Waals surface area contributed by atoms with Crippen molar-refractivity contribution in [1.29, 1.82) is 0 Å². The summed E-state index contributed by atoms with van der Waals surface area (Å²) in [7, 11) is 1.77. The summed E-state index contributed by atoms with van der Waals surface area (Å²) in [6.45, 7) is 0.974. The van der Waals surface area contributed by atoms with Crippen molar-refractivity contribution < 1.29 is 23.1 Å². The number of rotatable bonds is 7. The highest BCUT2D eigenvalue weighted by molar-refractivity contribution is 7.09. The average Bonchev–Trinajstić information content (AvgIpc) is 2.72. The van der Waals surface area contributed by atoms with Crippen LogP contribution in [0.3, 0.4) is 0 Å². The van der Waals surface area contributed by atoms with Crippen LogP contribution in [0.15, 0.2) is 5.38 Å². The van der Waals surface area contributed by atoms with Crippen LogP contribution < -0.4 is 0 Å². The first-order valence-corrected chi connectivity index (χ1v) is 6.59. The molecule has 0 radical (unpaired) electrons. The van der Waals surface area contributed by atoms with Gasteiger partial charge in [0.2, 0.25) is 0 Å². The number of halogens is 3. The maximum atomic E-state index is 12.3. The Morgan fingerprint density at radius 1 is 1.47 bits per heavy atom. The van der Waals surface area contributed by atoms with Crippen molar-refractivity contribution >= 4 is 17.3 Å². The van der Waals surface area contributed by atoms with Crippen molar-refractivity contribution in [2.75, 3.05) is 13.6 Å². The Bertz CT molecular complexity index is 420. The van der Waals surface area contributed by atoms with Crippen LogP contribution in [0.4, 0.5) is 13.2 Å². The first-order valence-electron chi connectivity index (χ1n) is 5.71. The van der Waals surface area contributed by atoms with Crippen LogP contribution in [-0.2, 0) is 17.5 Å². The van der Waals surface area contributed by atoms with Gasteiger partial charge < -0.3 is 5.11 Å². The van der Waals surface area contributed by atoms with Gasteiger partial charge in [-0.15, -0.1) is 11.3 Å². The number of aromatic nitrogens is 1. The second-order valence-electron chi connectivity index (χ2n) is 4.21.